The predicted molar refractivity (Wildman–Crippen MR) is 89.9 cm³/mol. The summed E-state index contributed by atoms with van der Waals surface area (Å²) in [6.45, 7) is 2.00. The van der Waals surface area contributed by atoms with Gasteiger partial charge in [0.05, 0.1) is 11.3 Å². The Bertz CT molecular complexity index is 686. The molecule has 1 radical (unpaired) electrons. The number of carboxylic acid groups (broad SMARTS) is 1. The molecule has 2 aromatic rings. The van der Waals surface area contributed by atoms with Gasteiger partial charge in [-0.05, 0) is 18.1 Å². The number of rotatable bonds is 4. The van der Waals surface area contributed by atoms with Crippen LogP contribution in [0.25, 0.3) is 0 Å². The van der Waals surface area contributed by atoms with Gasteiger partial charge in [0.1, 0.15) is 0 Å². The monoisotopic (exact) mass is 308 g/mol. The van der Waals surface area contributed by atoms with E-state index in [4.69, 9.17) is 23.1 Å². The number of nitrogen functional groups attached to an aromatic ring is 1. The number of anilines is 1. The third-order valence-corrected chi connectivity index (χ3v) is 3.52. The molecule has 21 heavy (non-hydrogen) atoms. The van der Waals surface area contributed by atoms with Gasteiger partial charge in [0.25, 0.3) is 0 Å². The largest absolute Gasteiger partial charge is 0.481 e. The van der Waals surface area contributed by atoms with Gasteiger partial charge in [-0.1, -0.05) is 60.2 Å². The molecule has 0 saturated carbocycles. The van der Waals surface area contributed by atoms with Crippen LogP contribution in [0.4, 0.5) is 5.69 Å². The molecule has 0 aliphatic heterocycles. The first kappa shape index (κ1) is 17.9. The van der Waals surface area contributed by atoms with Crippen molar-refractivity contribution in [1.82, 2.24) is 0 Å². The minimum absolute atomic E-state index is 0. The molecule has 0 heterocycles. The van der Waals surface area contributed by atoms with Crippen molar-refractivity contribution in [2.75, 3.05) is 5.73 Å². The Morgan fingerprint density at radius 1 is 1.24 bits per heavy atom. The number of thiocarbonyl (C=S) groups is 1. The maximum absolute atomic E-state index is 10.8. The topological polar surface area (TPSA) is 63.3 Å². The molecule has 3 N–H and O–H groups in total. The molecule has 3 nitrogen and oxygen atoms in total. The van der Waals surface area contributed by atoms with Gasteiger partial charge in [0.2, 0.25) is 0 Å². The van der Waals surface area contributed by atoms with E-state index < -0.39 is 5.97 Å². The first-order chi connectivity index (χ1) is 9.49. The average molecular weight is 308 g/mol. The van der Waals surface area contributed by atoms with Gasteiger partial charge in [0.15, 0.2) is 0 Å². The summed E-state index contributed by atoms with van der Waals surface area (Å²) in [4.78, 5) is 11.5. The zero-order valence-electron chi connectivity index (χ0n) is 12.1. The first-order valence-corrected chi connectivity index (χ1v) is 6.60. The molecule has 0 bridgehead atoms. The molecule has 0 amide bonds. The minimum atomic E-state index is -0.907. The second-order valence-electron chi connectivity index (χ2n) is 4.65. The number of para-hydroxylation sites is 1. The Kier molecular flexibility index (Phi) is 6.55. The normalized spacial score (nSPS) is 9.76. The number of carbonyl (C=O) groups is 1. The fourth-order valence-electron chi connectivity index (χ4n) is 2.07. The van der Waals surface area contributed by atoms with Gasteiger partial charge in [0, 0.05) is 40.8 Å². The molecule has 2 rings (SSSR count). The summed E-state index contributed by atoms with van der Waals surface area (Å²) < 4.78 is 0. The number of hydrogen-bond donors (Lipinski definition) is 2. The molecule has 0 unspecified atom stereocenters. The summed E-state index contributed by atoms with van der Waals surface area (Å²) in [5.41, 5.74) is 9.83. The van der Waals surface area contributed by atoms with Crippen molar-refractivity contribution in [1.29, 1.82) is 0 Å². The molecule has 103 valence electrons. The van der Waals surface area contributed by atoms with Crippen LogP contribution in [0.3, 0.4) is 0 Å². The third kappa shape index (κ3) is 4.38. The quantitative estimate of drug-likeness (QED) is 0.394. The van der Waals surface area contributed by atoms with E-state index >= 15 is 0 Å². The van der Waals surface area contributed by atoms with Crippen molar-refractivity contribution >= 4 is 58.3 Å². The summed E-state index contributed by atoms with van der Waals surface area (Å²) in [6, 6.07) is 13.2. The van der Waals surface area contributed by atoms with E-state index in [1.807, 2.05) is 37.3 Å². The molecule has 0 aromatic heterocycles. The van der Waals surface area contributed by atoms with Crippen LogP contribution in [0.15, 0.2) is 42.5 Å². The smallest absolute Gasteiger partial charge is 0.307 e. The standard InChI is InChI=1S/C16H15NO2S.Na/c1-10-4-2-6-12(8-10)16(20)13-7-3-5-11(15(13)17)9-14(18)19;/h2-8H,9,17H2,1H3,(H,18,19);. The fourth-order valence-corrected chi connectivity index (χ4v) is 2.37. The molecule has 0 fully saturated rings. The molecule has 0 saturated heterocycles. The van der Waals surface area contributed by atoms with Crippen LogP contribution < -0.4 is 5.73 Å². The predicted octanol–water partition coefficient (Wildman–Crippen LogP) is 2.59. The van der Waals surface area contributed by atoms with E-state index in [0.29, 0.717) is 21.7 Å². The van der Waals surface area contributed by atoms with Gasteiger partial charge in [-0.2, -0.15) is 0 Å². The molecule has 0 aliphatic carbocycles. The third-order valence-electron chi connectivity index (χ3n) is 3.06. The van der Waals surface area contributed by atoms with Crippen LogP contribution in [-0.4, -0.2) is 45.5 Å². The molecular formula is C16H15NNaO2S. The van der Waals surface area contributed by atoms with Gasteiger partial charge >= 0.3 is 5.97 Å². The van der Waals surface area contributed by atoms with E-state index in [1.54, 1.807) is 12.1 Å². The zero-order valence-corrected chi connectivity index (χ0v) is 14.9. The van der Waals surface area contributed by atoms with Crippen molar-refractivity contribution in [2.24, 2.45) is 0 Å². The number of aliphatic carboxylic acids is 1. The maximum Gasteiger partial charge on any atom is 0.307 e. The maximum atomic E-state index is 10.8. The van der Waals surface area contributed by atoms with Crippen molar-refractivity contribution in [3.8, 4) is 0 Å². The van der Waals surface area contributed by atoms with Crippen molar-refractivity contribution in [2.45, 2.75) is 13.3 Å². The van der Waals surface area contributed by atoms with E-state index in [9.17, 15) is 4.79 Å². The molecule has 2 aromatic carbocycles. The first-order valence-electron chi connectivity index (χ1n) is 6.19. The van der Waals surface area contributed by atoms with Gasteiger partial charge in [-0.15, -0.1) is 0 Å². The number of aryl methyl sites for hydroxylation is 1. The van der Waals surface area contributed by atoms with E-state index in [1.165, 1.54) is 0 Å². The van der Waals surface area contributed by atoms with Crippen molar-refractivity contribution in [3.63, 3.8) is 0 Å². The minimum Gasteiger partial charge on any atom is -0.481 e. The molecule has 5 heteroatoms. The van der Waals surface area contributed by atoms with E-state index in [2.05, 4.69) is 0 Å². The van der Waals surface area contributed by atoms with Gasteiger partial charge in [-0.25, -0.2) is 0 Å². The summed E-state index contributed by atoms with van der Waals surface area (Å²) in [7, 11) is 0. The number of nitrogens with two attached hydrogens (primary N) is 1. The van der Waals surface area contributed by atoms with Crippen LogP contribution >= 0.6 is 12.2 Å². The fraction of sp³-hybridized carbons (Fsp3) is 0.125. The van der Waals surface area contributed by atoms with Crippen molar-refractivity contribution in [3.05, 3.63) is 64.7 Å². The Labute approximate surface area is 151 Å². The molecule has 0 atom stereocenters. The summed E-state index contributed by atoms with van der Waals surface area (Å²) in [5.74, 6) is -0.907. The van der Waals surface area contributed by atoms with Crippen molar-refractivity contribution < 1.29 is 9.90 Å². The zero-order chi connectivity index (χ0) is 14.7. The second kappa shape index (κ2) is 7.71. The summed E-state index contributed by atoms with van der Waals surface area (Å²) in [6.07, 6.45) is -0.101. The summed E-state index contributed by atoms with van der Waals surface area (Å²) in [5, 5.41) is 8.89. The Morgan fingerprint density at radius 2 is 1.90 bits per heavy atom. The van der Waals surface area contributed by atoms with Crippen LogP contribution in [0, 0.1) is 6.92 Å². The number of benzene rings is 2. The molecule has 0 aliphatic rings. The SMILES string of the molecule is Cc1cccc(C(=S)c2cccc(CC(=O)O)c2N)c1.[Na]. The van der Waals surface area contributed by atoms with Crippen LogP contribution in [0.5, 0.6) is 0 Å². The van der Waals surface area contributed by atoms with Gasteiger partial charge in [-0.3, -0.25) is 4.79 Å². The molecular weight excluding hydrogens is 293 g/mol. The van der Waals surface area contributed by atoms with E-state index in [0.717, 1.165) is 11.1 Å². The van der Waals surface area contributed by atoms with Crippen LogP contribution in [-0.2, 0) is 11.2 Å². The Hall–Kier alpha value is -1.20. The molecule has 0 spiro atoms. The second-order valence-corrected chi connectivity index (χ2v) is 5.06. The van der Waals surface area contributed by atoms with Crippen LogP contribution in [0.1, 0.15) is 22.3 Å². The average Bonchev–Trinajstić information content (AvgIpc) is 2.40. The Morgan fingerprint density at radius 3 is 2.52 bits per heavy atom. The van der Waals surface area contributed by atoms with Crippen LogP contribution in [0.2, 0.25) is 0 Å². The number of hydrogen-bond acceptors (Lipinski definition) is 3. The van der Waals surface area contributed by atoms with Gasteiger partial charge < -0.3 is 10.8 Å². The van der Waals surface area contributed by atoms with E-state index in [-0.39, 0.29) is 36.0 Å². The number of carboxylic acids is 1. The summed E-state index contributed by atoms with van der Waals surface area (Å²) >= 11 is 5.48. The Balaban J connectivity index is 0.00000220.